The van der Waals surface area contributed by atoms with Crippen LogP contribution in [0.5, 0.6) is 11.5 Å². The number of benzene rings is 2. The Kier molecular flexibility index (Phi) is 6.99. The summed E-state index contributed by atoms with van der Waals surface area (Å²) in [6, 6.07) is 12.4. The number of carbonyl (C=O) groups is 1. The summed E-state index contributed by atoms with van der Waals surface area (Å²) in [4.78, 5) is 12.8. The van der Waals surface area contributed by atoms with Gasteiger partial charge in [0.05, 0.1) is 20.1 Å². The highest BCUT2D eigenvalue weighted by molar-refractivity contribution is 7.89. The summed E-state index contributed by atoms with van der Waals surface area (Å²) in [6.45, 7) is 2.56. The molecular formula is C22H28N2O5S. The molecule has 1 saturated heterocycles. The summed E-state index contributed by atoms with van der Waals surface area (Å²) in [5.41, 5.74) is 1.90. The number of hydrogen-bond donors (Lipinski definition) is 1. The third-order valence-corrected chi connectivity index (χ3v) is 7.26. The molecule has 1 N–H and O–H groups in total. The van der Waals surface area contributed by atoms with Crippen molar-refractivity contribution < 1.29 is 22.7 Å². The van der Waals surface area contributed by atoms with Crippen LogP contribution in [0.1, 0.15) is 25.3 Å². The van der Waals surface area contributed by atoms with Gasteiger partial charge in [0.15, 0.2) is 0 Å². The first-order valence-corrected chi connectivity index (χ1v) is 11.4. The Morgan fingerprint density at radius 2 is 1.87 bits per heavy atom. The van der Waals surface area contributed by atoms with Crippen molar-refractivity contribution in [2.24, 2.45) is 5.92 Å². The van der Waals surface area contributed by atoms with Gasteiger partial charge >= 0.3 is 0 Å². The van der Waals surface area contributed by atoms with Crippen LogP contribution in [-0.4, -0.2) is 45.9 Å². The maximum atomic E-state index is 13.3. The second-order valence-electron chi connectivity index (χ2n) is 7.26. The monoisotopic (exact) mass is 432 g/mol. The molecule has 2 aromatic carbocycles. The van der Waals surface area contributed by atoms with Crippen molar-refractivity contribution in [2.75, 3.05) is 32.6 Å². The summed E-state index contributed by atoms with van der Waals surface area (Å²) in [5, 5.41) is 2.91. The first-order chi connectivity index (χ1) is 14.4. The van der Waals surface area contributed by atoms with E-state index in [0.717, 1.165) is 6.42 Å². The first kappa shape index (κ1) is 22.1. The van der Waals surface area contributed by atoms with Crippen LogP contribution < -0.4 is 14.8 Å². The van der Waals surface area contributed by atoms with Crippen molar-refractivity contribution in [3.8, 4) is 11.5 Å². The minimum atomic E-state index is -3.84. The fourth-order valence-electron chi connectivity index (χ4n) is 3.57. The summed E-state index contributed by atoms with van der Waals surface area (Å²) in [6.07, 6.45) is 2.18. The zero-order chi connectivity index (χ0) is 21.7. The molecule has 8 heteroatoms. The molecule has 0 bridgehead atoms. The third kappa shape index (κ3) is 4.76. The minimum Gasteiger partial charge on any atom is -0.497 e. The van der Waals surface area contributed by atoms with Gasteiger partial charge in [-0.2, -0.15) is 4.31 Å². The van der Waals surface area contributed by atoms with E-state index in [2.05, 4.69) is 12.2 Å². The highest BCUT2D eigenvalue weighted by Crippen LogP contribution is 2.32. The summed E-state index contributed by atoms with van der Waals surface area (Å²) in [7, 11) is -0.931. The van der Waals surface area contributed by atoms with Crippen LogP contribution in [0.15, 0.2) is 47.4 Å². The maximum absolute atomic E-state index is 13.3. The molecule has 1 aliphatic rings. The van der Waals surface area contributed by atoms with Crippen LogP contribution in [0.4, 0.5) is 5.69 Å². The number of aryl methyl sites for hydroxylation is 1. The molecule has 30 heavy (non-hydrogen) atoms. The Bertz CT molecular complexity index is 989. The standard InChI is InChI=1S/C22H28N2O5S/c1-4-16-7-9-18(10-8-16)23-22(25)17-6-5-13-24(15-17)30(26,27)21-14-19(28-2)11-12-20(21)29-3/h7-12,14,17H,4-6,13,15H2,1-3H3,(H,23,25)/t17-/m0/s1. The molecular weight excluding hydrogens is 404 g/mol. The average Bonchev–Trinajstić information content (AvgIpc) is 2.79. The van der Waals surface area contributed by atoms with E-state index in [4.69, 9.17) is 9.47 Å². The Labute approximate surface area is 178 Å². The molecule has 1 heterocycles. The van der Waals surface area contributed by atoms with E-state index in [1.54, 1.807) is 12.1 Å². The van der Waals surface area contributed by atoms with Gasteiger partial charge in [-0.15, -0.1) is 0 Å². The molecule has 0 unspecified atom stereocenters. The van der Waals surface area contributed by atoms with Gasteiger partial charge in [-0.05, 0) is 49.1 Å². The van der Waals surface area contributed by atoms with Crippen LogP contribution in [0.2, 0.25) is 0 Å². The lowest BCUT2D eigenvalue weighted by Crippen LogP contribution is -2.43. The normalized spacial score (nSPS) is 17.4. The van der Waals surface area contributed by atoms with Crippen molar-refractivity contribution in [1.29, 1.82) is 0 Å². The van der Waals surface area contributed by atoms with E-state index in [0.29, 0.717) is 30.8 Å². The Morgan fingerprint density at radius 3 is 2.50 bits per heavy atom. The quantitative estimate of drug-likeness (QED) is 0.726. The molecule has 1 aliphatic heterocycles. The van der Waals surface area contributed by atoms with Gasteiger partial charge in [0.1, 0.15) is 16.4 Å². The average molecular weight is 433 g/mol. The van der Waals surface area contributed by atoms with Crippen LogP contribution in [0, 0.1) is 5.92 Å². The van der Waals surface area contributed by atoms with E-state index in [-0.39, 0.29) is 23.1 Å². The number of rotatable bonds is 7. The van der Waals surface area contributed by atoms with E-state index < -0.39 is 15.9 Å². The molecule has 7 nitrogen and oxygen atoms in total. The van der Waals surface area contributed by atoms with Crippen LogP contribution >= 0.6 is 0 Å². The zero-order valence-corrected chi connectivity index (χ0v) is 18.4. The van der Waals surface area contributed by atoms with Gasteiger partial charge in [-0.3, -0.25) is 4.79 Å². The van der Waals surface area contributed by atoms with Crippen molar-refractivity contribution in [3.05, 3.63) is 48.0 Å². The number of ether oxygens (including phenoxy) is 2. The number of hydrogen-bond acceptors (Lipinski definition) is 5. The van der Waals surface area contributed by atoms with Gasteiger partial charge < -0.3 is 14.8 Å². The lowest BCUT2D eigenvalue weighted by molar-refractivity contribution is -0.120. The Morgan fingerprint density at radius 1 is 1.13 bits per heavy atom. The minimum absolute atomic E-state index is 0.0422. The van der Waals surface area contributed by atoms with Crippen molar-refractivity contribution in [2.45, 2.75) is 31.1 Å². The number of methoxy groups -OCH3 is 2. The van der Waals surface area contributed by atoms with E-state index in [1.165, 1.54) is 30.2 Å². The Balaban J connectivity index is 1.77. The number of sulfonamides is 1. The molecule has 1 fully saturated rings. The maximum Gasteiger partial charge on any atom is 0.246 e. The third-order valence-electron chi connectivity index (χ3n) is 5.37. The zero-order valence-electron chi connectivity index (χ0n) is 17.6. The van der Waals surface area contributed by atoms with Crippen molar-refractivity contribution in [1.82, 2.24) is 4.31 Å². The summed E-state index contributed by atoms with van der Waals surface area (Å²) >= 11 is 0. The van der Waals surface area contributed by atoms with Crippen molar-refractivity contribution in [3.63, 3.8) is 0 Å². The largest absolute Gasteiger partial charge is 0.497 e. The van der Waals surface area contributed by atoms with Gasteiger partial charge in [-0.1, -0.05) is 19.1 Å². The Hall–Kier alpha value is -2.58. The predicted molar refractivity (Wildman–Crippen MR) is 115 cm³/mol. The molecule has 1 atom stereocenters. The fraction of sp³-hybridized carbons (Fsp3) is 0.409. The van der Waals surface area contributed by atoms with Crippen LogP contribution in [-0.2, 0) is 21.2 Å². The number of piperidine rings is 1. The van der Waals surface area contributed by atoms with Gasteiger partial charge in [-0.25, -0.2) is 8.42 Å². The lowest BCUT2D eigenvalue weighted by atomic mass is 9.98. The number of nitrogens with zero attached hydrogens (tertiary/aromatic N) is 1. The first-order valence-electron chi connectivity index (χ1n) is 10.0. The number of anilines is 1. The highest BCUT2D eigenvalue weighted by Gasteiger charge is 2.35. The molecule has 3 rings (SSSR count). The van der Waals surface area contributed by atoms with Crippen LogP contribution in [0.25, 0.3) is 0 Å². The van der Waals surface area contributed by atoms with Crippen LogP contribution in [0.3, 0.4) is 0 Å². The van der Waals surface area contributed by atoms with Gasteiger partial charge in [0.2, 0.25) is 15.9 Å². The molecule has 0 radical (unpaired) electrons. The summed E-state index contributed by atoms with van der Waals surface area (Å²) in [5.74, 6) is 0.0855. The highest BCUT2D eigenvalue weighted by atomic mass is 32.2. The summed E-state index contributed by atoms with van der Waals surface area (Å²) < 4.78 is 38.4. The van der Waals surface area contributed by atoms with E-state index in [1.807, 2.05) is 24.3 Å². The number of nitrogens with one attached hydrogen (secondary N) is 1. The molecule has 162 valence electrons. The predicted octanol–water partition coefficient (Wildman–Crippen LogP) is 3.31. The van der Waals surface area contributed by atoms with E-state index >= 15 is 0 Å². The smallest absolute Gasteiger partial charge is 0.246 e. The van der Waals surface area contributed by atoms with Crippen molar-refractivity contribution >= 4 is 21.6 Å². The molecule has 0 aliphatic carbocycles. The second kappa shape index (κ2) is 9.49. The molecule has 0 spiro atoms. The SMILES string of the molecule is CCc1ccc(NC(=O)[C@H]2CCCN(S(=O)(=O)c3cc(OC)ccc3OC)C2)cc1. The molecule has 0 saturated carbocycles. The fourth-order valence-corrected chi connectivity index (χ4v) is 5.26. The topological polar surface area (TPSA) is 84.9 Å². The van der Waals surface area contributed by atoms with E-state index in [9.17, 15) is 13.2 Å². The number of amides is 1. The van der Waals surface area contributed by atoms with Gasteiger partial charge in [0.25, 0.3) is 0 Å². The lowest BCUT2D eigenvalue weighted by Gasteiger charge is -2.31. The molecule has 1 amide bonds. The number of carbonyl (C=O) groups excluding carboxylic acids is 1. The molecule has 2 aromatic rings. The second-order valence-corrected chi connectivity index (χ2v) is 9.17. The van der Waals surface area contributed by atoms with Gasteiger partial charge in [0, 0.05) is 24.8 Å². The molecule has 0 aromatic heterocycles.